The standard InChI is InChI=1S/C23H23F3N2O4S/c1-15-8-9-16-12-17(22(29)27-20(16)11-15)13-28(14-18-5-4-10-32-18)33(30,31)21-7-3-2-6-19(21)23(24,25)26/h2-3,6-9,11-12,18H,4-5,10,13-14H2,1H3,(H,27,29). The van der Waals surface area contributed by atoms with Gasteiger partial charge in [-0.2, -0.15) is 17.5 Å². The molecule has 2 aromatic carbocycles. The van der Waals surface area contributed by atoms with E-state index in [1.807, 2.05) is 13.0 Å². The molecule has 4 rings (SSSR count). The molecular weight excluding hydrogens is 457 g/mol. The number of nitrogens with zero attached hydrogens (tertiary/aromatic N) is 1. The molecule has 1 aliphatic rings. The van der Waals surface area contributed by atoms with Gasteiger partial charge in [-0.3, -0.25) is 4.79 Å². The van der Waals surface area contributed by atoms with Gasteiger partial charge in [0, 0.05) is 30.8 Å². The van der Waals surface area contributed by atoms with Crippen molar-refractivity contribution in [3.63, 3.8) is 0 Å². The molecule has 1 atom stereocenters. The largest absolute Gasteiger partial charge is 0.417 e. The van der Waals surface area contributed by atoms with E-state index in [4.69, 9.17) is 4.74 Å². The number of aryl methyl sites for hydroxylation is 1. The lowest BCUT2D eigenvalue weighted by Crippen LogP contribution is -2.39. The van der Waals surface area contributed by atoms with Gasteiger partial charge in [-0.1, -0.05) is 24.3 Å². The molecule has 1 N–H and O–H groups in total. The van der Waals surface area contributed by atoms with Crippen LogP contribution in [0.25, 0.3) is 10.9 Å². The first-order valence-corrected chi connectivity index (χ1v) is 11.9. The second-order valence-electron chi connectivity index (χ2n) is 8.14. The highest BCUT2D eigenvalue weighted by Gasteiger charge is 2.39. The molecule has 1 aromatic heterocycles. The summed E-state index contributed by atoms with van der Waals surface area (Å²) in [5.41, 5.74) is -0.0654. The Hall–Kier alpha value is -2.69. The van der Waals surface area contributed by atoms with Gasteiger partial charge < -0.3 is 9.72 Å². The molecule has 1 unspecified atom stereocenters. The molecular formula is C23H23F3N2O4S. The fourth-order valence-corrected chi connectivity index (χ4v) is 5.66. The number of aromatic amines is 1. The number of H-pyrrole nitrogens is 1. The predicted octanol–water partition coefficient (Wildman–Crippen LogP) is 4.23. The van der Waals surface area contributed by atoms with Crippen LogP contribution in [0.3, 0.4) is 0 Å². The Kier molecular flexibility index (Phi) is 6.35. The number of pyridine rings is 1. The Labute approximate surface area is 189 Å². The number of aromatic nitrogens is 1. The van der Waals surface area contributed by atoms with Crippen LogP contribution in [0.4, 0.5) is 13.2 Å². The van der Waals surface area contributed by atoms with Crippen molar-refractivity contribution in [2.75, 3.05) is 13.2 Å². The van der Waals surface area contributed by atoms with Gasteiger partial charge in [0.05, 0.1) is 16.6 Å². The van der Waals surface area contributed by atoms with Crippen molar-refractivity contribution in [1.82, 2.24) is 9.29 Å². The summed E-state index contributed by atoms with van der Waals surface area (Å²) in [5, 5.41) is 0.695. The van der Waals surface area contributed by atoms with Crippen molar-refractivity contribution >= 4 is 20.9 Å². The molecule has 176 valence electrons. The summed E-state index contributed by atoms with van der Waals surface area (Å²) in [6.45, 7) is 1.79. The molecule has 2 heterocycles. The van der Waals surface area contributed by atoms with Crippen LogP contribution in [0.5, 0.6) is 0 Å². The lowest BCUT2D eigenvalue weighted by atomic mass is 10.1. The van der Waals surface area contributed by atoms with Gasteiger partial charge in [-0.05, 0) is 55.0 Å². The molecule has 0 saturated carbocycles. The molecule has 1 saturated heterocycles. The third-order valence-corrected chi connectivity index (χ3v) is 7.54. The summed E-state index contributed by atoms with van der Waals surface area (Å²) in [6, 6.07) is 11.1. The van der Waals surface area contributed by atoms with E-state index in [2.05, 4.69) is 4.98 Å². The van der Waals surface area contributed by atoms with Crippen LogP contribution in [0, 0.1) is 6.92 Å². The average Bonchev–Trinajstić information content (AvgIpc) is 3.26. The van der Waals surface area contributed by atoms with Crippen LogP contribution in [0.1, 0.15) is 29.5 Å². The number of benzene rings is 2. The quantitative estimate of drug-likeness (QED) is 0.573. The molecule has 0 bridgehead atoms. The van der Waals surface area contributed by atoms with Crippen LogP contribution in [0.2, 0.25) is 0 Å². The summed E-state index contributed by atoms with van der Waals surface area (Å²) >= 11 is 0. The monoisotopic (exact) mass is 480 g/mol. The molecule has 1 fully saturated rings. The predicted molar refractivity (Wildman–Crippen MR) is 117 cm³/mol. The van der Waals surface area contributed by atoms with Gasteiger partial charge in [0.1, 0.15) is 0 Å². The Morgan fingerprint density at radius 3 is 2.61 bits per heavy atom. The first-order valence-electron chi connectivity index (χ1n) is 10.5. The maximum Gasteiger partial charge on any atom is 0.417 e. The van der Waals surface area contributed by atoms with E-state index in [0.717, 1.165) is 34.5 Å². The number of rotatable bonds is 6. The van der Waals surface area contributed by atoms with Crippen LogP contribution in [-0.2, 0) is 27.5 Å². The van der Waals surface area contributed by atoms with Crippen LogP contribution in [0.15, 0.2) is 58.2 Å². The van der Waals surface area contributed by atoms with Crippen molar-refractivity contribution in [3.05, 3.63) is 75.6 Å². The Morgan fingerprint density at radius 2 is 1.91 bits per heavy atom. The lowest BCUT2D eigenvalue weighted by molar-refractivity contribution is -0.139. The maximum atomic E-state index is 13.6. The Morgan fingerprint density at radius 1 is 1.15 bits per heavy atom. The highest BCUT2D eigenvalue weighted by Crippen LogP contribution is 2.35. The smallest absolute Gasteiger partial charge is 0.377 e. The fourth-order valence-electron chi connectivity index (χ4n) is 4.00. The van der Waals surface area contributed by atoms with E-state index in [1.54, 1.807) is 18.2 Å². The van der Waals surface area contributed by atoms with Gasteiger partial charge in [-0.25, -0.2) is 8.42 Å². The summed E-state index contributed by atoms with van der Waals surface area (Å²) in [7, 11) is -4.60. The minimum absolute atomic E-state index is 0.136. The SMILES string of the molecule is Cc1ccc2cc(CN(CC3CCCO3)S(=O)(=O)c3ccccc3C(F)(F)F)c(=O)[nH]c2c1. The van der Waals surface area contributed by atoms with Gasteiger partial charge in [-0.15, -0.1) is 0 Å². The molecule has 0 amide bonds. The summed E-state index contributed by atoms with van der Waals surface area (Å²) in [4.78, 5) is 14.6. The van der Waals surface area contributed by atoms with E-state index < -0.39 is 38.3 Å². The second-order valence-corrected chi connectivity index (χ2v) is 10.0. The van der Waals surface area contributed by atoms with Gasteiger partial charge >= 0.3 is 6.18 Å². The van der Waals surface area contributed by atoms with E-state index in [1.165, 1.54) is 6.07 Å². The van der Waals surface area contributed by atoms with Crippen LogP contribution >= 0.6 is 0 Å². The van der Waals surface area contributed by atoms with Gasteiger partial charge in [0.2, 0.25) is 10.0 Å². The number of hydrogen-bond acceptors (Lipinski definition) is 4. The number of fused-ring (bicyclic) bond motifs is 1. The molecule has 1 aliphatic heterocycles. The molecule has 3 aromatic rings. The van der Waals surface area contributed by atoms with Crippen molar-refractivity contribution in [2.45, 2.75) is 43.5 Å². The van der Waals surface area contributed by atoms with Crippen molar-refractivity contribution in [1.29, 1.82) is 0 Å². The lowest BCUT2D eigenvalue weighted by Gasteiger charge is -2.26. The summed E-state index contributed by atoms with van der Waals surface area (Å²) in [6.07, 6.45) is -3.99. The van der Waals surface area contributed by atoms with Gasteiger partial charge in [0.15, 0.2) is 0 Å². The summed E-state index contributed by atoms with van der Waals surface area (Å²) < 4.78 is 74.2. The minimum atomic E-state index is -4.85. The minimum Gasteiger partial charge on any atom is -0.377 e. The van der Waals surface area contributed by atoms with Crippen molar-refractivity contribution in [2.24, 2.45) is 0 Å². The van der Waals surface area contributed by atoms with E-state index in [-0.39, 0.29) is 18.7 Å². The molecule has 10 heteroatoms. The zero-order valence-electron chi connectivity index (χ0n) is 17.9. The number of ether oxygens (including phenoxy) is 1. The van der Waals surface area contributed by atoms with Crippen LogP contribution < -0.4 is 5.56 Å². The van der Waals surface area contributed by atoms with Gasteiger partial charge in [0.25, 0.3) is 5.56 Å². The summed E-state index contributed by atoms with van der Waals surface area (Å²) in [5.74, 6) is 0. The molecule has 33 heavy (non-hydrogen) atoms. The number of nitrogens with one attached hydrogen (secondary N) is 1. The zero-order valence-corrected chi connectivity index (χ0v) is 18.7. The number of hydrogen-bond donors (Lipinski definition) is 1. The molecule has 0 spiro atoms. The first kappa shape index (κ1) is 23.5. The normalized spacial score (nSPS) is 17.2. The number of alkyl halides is 3. The number of halogens is 3. The topological polar surface area (TPSA) is 79.5 Å². The van der Waals surface area contributed by atoms with E-state index in [0.29, 0.717) is 23.9 Å². The third kappa shape index (κ3) is 4.97. The van der Waals surface area contributed by atoms with E-state index in [9.17, 15) is 26.4 Å². The Balaban J connectivity index is 1.78. The van der Waals surface area contributed by atoms with Crippen LogP contribution in [-0.4, -0.2) is 37.0 Å². The fraction of sp³-hybridized carbons (Fsp3) is 0.348. The highest BCUT2D eigenvalue weighted by molar-refractivity contribution is 7.89. The van der Waals surface area contributed by atoms with Crippen molar-refractivity contribution < 1.29 is 26.3 Å². The number of sulfonamides is 1. The highest BCUT2D eigenvalue weighted by atomic mass is 32.2. The van der Waals surface area contributed by atoms with E-state index >= 15 is 0 Å². The van der Waals surface area contributed by atoms with Crippen molar-refractivity contribution in [3.8, 4) is 0 Å². The third-order valence-electron chi connectivity index (χ3n) is 5.67. The zero-order chi connectivity index (χ0) is 23.8. The molecule has 0 radical (unpaired) electrons. The second kappa shape index (κ2) is 8.92. The first-order chi connectivity index (χ1) is 15.6. The maximum absolute atomic E-state index is 13.6. The Bertz CT molecular complexity index is 1330. The average molecular weight is 481 g/mol. The molecule has 6 nitrogen and oxygen atoms in total. The molecule has 0 aliphatic carbocycles.